The Morgan fingerprint density at radius 2 is 0.897 bits per heavy atom. The van der Waals surface area contributed by atoms with Crippen LogP contribution in [0.3, 0.4) is 0 Å². The molecule has 2 aliphatic rings. The quantitative estimate of drug-likeness (QED) is 0.290. The van der Waals surface area contributed by atoms with Gasteiger partial charge in [-0.25, -0.2) is 0 Å². The Morgan fingerprint density at radius 1 is 0.483 bits per heavy atom. The molecule has 0 amide bonds. The molecule has 6 rings (SSSR count). The van der Waals surface area contributed by atoms with Gasteiger partial charge in [-0.2, -0.15) is 0 Å². The number of benzene rings is 4. The number of hydrogen-bond acceptors (Lipinski definition) is 0. The van der Waals surface area contributed by atoms with E-state index < -0.39 is 5.41 Å². The lowest BCUT2D eigenvalue weighted by molar-refractivity contribution is 0.793. The molecule has 0 N–H and O–H groups in total. The highest BCUT2D eigenvalue weighted by Crippen LogP contribution is 2.62. The smallest absolute Gasteiger partial charge is 0.0726 e. The second-order valence-corrected chi connectivity index (χ2v) is 7.65. The number of rotatable bonds is 0. The van der Waals surface area contributed by atoms with Crippen LogP contribution in [0.15, 0.2) is 84.9 Å². The molecule has 0 unspecified atom stereocenters. The van der Waals surface area contributed by atoms with Crippen molar-refractivity contribution in [3.63, 3.8) is 0 Å². The molecule has 4 aromatic carbocycles. The van der Waals surface area contributed by atoms with Gasteiger partial charge in [-0.1, -0.05) is 72.5 Å². The lowest BCUT2D eigenvalue weighted by atomic mass is 9.70. The minimum absolute atomic E-state index is 0.391. The van der Waals surface area contributed by atoms with Gasteiger partial charge < -0.3 is 0 Å². The first kappa shape index (κ1) is 16.0. The van der Waals surface area contributed by atoms with Gasteiger partial charge in [-0.15, -0.1) is 12.8 Å². The van der Waals surface area contributed by atoms with Crippen LogP contribution in [-0.4, -0.2) is 0 Å². The van der Waals surface area contributed by atoms with Crippen molar-refractivity contribution >= 4 is 0 Å². The van der Waals surface area contributed by atoms with Crippen molar-refractivity contribution in [1.29, 1.82) is 0 Å². The van der Waals surface area contributed by atoms with E-state index in [-0.39, 0.29) is 0 Å². The summed E-state index contributed by atoms with van der Waals surface area (Å²) < 4.78 is 0. The third kappa shape index (κ3) is 1.81. The molecule has 0 bridgehead atoms. The van der Waals surface area contributed by atoms with Gasteiger partial charge in [0.25, 0.3) is 0 Å². The maximum atomic E-state index is 5.79. The van der Waals surface area contributed by atoms with Crippen LogP contribution in [0.2, 0.25) is 0 Å². The molecule has 29 heavy (non-hydrogen) atoms. The summed E-state index contributed by atoms with van der Waals surface area (Å²) in [5, 5.41) is 0. The summed E-state index contributed by atoms with van der Waals surface area (Å²) in [6.07, 6.45) is 11.6. The fourth-order valence-electron chi connectivity index (χ4n) is 5.32. The van der Waals surface area contributed by atoms with E-state index in [4.69, 9.17) is 12.8 Å². The molecule has 0 aliphatic heterocycles. The Labute approximate surface area is 170 Å². The zero-order valence-electron chi connectivity index (χ0n) is 15.7. The summed E-state index contributed by atoms with van der Waals surface area (Å²) >= 11 is 0. The number of terminal acetylenes is 2. The van der Waals surface area contributed by atoms with Gasteiger partial charge in [0.05, 0.1) is 5.41 Å². The van der Waals surface area contributed by atoms with Gasteiger partial charge in [0.15, 0.2) is 0 Å². The summed E-state index contributed by atoms with van der Waals surface area (Å²) in [6, 6.07) is 30.2. The maximum Gasteiger partial charge on any atom is 0.0726 e. The van der Waals surface area contributed by atoms with Crippen molar-refractivity contribution in [3.8, 4) is 46.9 Å². The molecular formula is C29H16. The van der Waals surface area contributed by atoms with Crippen molar-refractivity contribution in [2.75, 3.05) is 0 Å². The molecule has 0 aromatic heterocycles. The molecule has 0 heteroatoms. The molecule has 0 nitrogen and oxygen atoms in total. The molecule has 132 valence electrons. The predicted octanol–water partition coefficient (Wildman–Crippen LogP) is 5.99. The number of fused-ring (bicyclic) bond motifs is 10. The second kappa shape index (κ2) is 5.51. The minimum Gasteiger partial charge on any atom is -0.115 e. The van der Waals surface area contributed by atoms with E-state index in [0.717, 1.165) is 11.1 Å². The minimum atomic E-state index is -0.391. The van der Waals surface area contributed by atoms with Crippen molar-refractivity contribution in [1.82, 2.24) is 0 Å². The third-order valence-electron chi connectivity index (χ3n) is 6.42. The Kier molecular flexibility index (Phi) is 3.04. The van der Waals surface area contributed by atoms with Crippen LogP contribution < -0.4 is 0 Å². The highest BCUT2D eigenvalue weighted by molar-refractivity contribution is 5.95. The monoisotopic (exact) mass is 364 g/mol. The van der Waals surface area contributed by atoms with Crippen LogP contribution in [0.25, 0.3) is 22.3 Å². The van der Waals surface area contributed by atoms with Gasteiger partial charge in [0.2, 0.25) is 0 Å². The first-order chi connectivity index (χ1) is 14.3. The van der Waals surface area contributed by atoms with Crippen LogP contribution in [0.4, 0.5) is 0 Å². The first-order valence-electron chi connectivity index (χ1n) is 9.71. The molecular weight excluding hydrogens is 348 g/mol. The van der Waals surface area contributed by atoms with E-state index in [1.165, 1.54) is 44.5 Å². The first-order valence-corrected chi connectivity index (χ1v) is 9.71. The van der Waals surface area contributed by atoms with E-state index in [1.807, 2.05) is 12.1 Å². The van der Waals surface area contributed by atoms with E-state index in [9.17, 15) is 0 Å². The molecule has 0 atom stereocenters. The fourth-order valence-corrected chi connectivity index (χ4v) is 5.32. The molecule has 0 heterocycles. The predicted molar refractivity (Wildman–Crippen MR) is 119 cm³/mol. The Bertz CT molecular complexity index is 1310. The van der Waals surface area contributed by atoms with Crippen molar-refractivity contribution in [2.45, 2.75) is 5.41 Å². The van der Waals surface area contributed by atoms with Crippen LogP contribution in [0, 0.1) is 24.7 Å². The summed E-state index contributed by atoms with van der Waals surface area (Å²) in [4.78, 5) is 0. The molecule has 2 aliphatic carbocycles. The SMILES string of the molecule is C#Cc1ccc2c(c1)C1(c3ccccc3-2)c2ccccc2-c2ccc(C#C)cc21. The molecule has 1 spiro atoms. The zero-order chi connectivity index (χ0) is 19.6. The van der Waals surface area contributed by atoms with Crippen LogP contribution in [-0.2, 0) is 5.41 Å². The molecule has 0 saturated heterocycles. The standard InChI is InChI=1S/C29H16/c1-3-19-13-15-23-21-9-5-7-11-25(21)29(27(23)17-19)26-12-8-6-10-22(26)24-16-14-20(4-2)18-28(24)29/h1-2,5-18H. The highest BCUT2D eigenvalue weighted by Gasteiger charge is 2.51. The van der Waals surface area contributed by atoms with Crippen LogP contribution in [0.5, 0.6) is 0 Å². The van der Waals surface area contributed by atoms with Gasteiger partial charge in [-0.05, 0) is 68.8 Å². The van der Waals surface area contributed by atoms with E-state index in [0.29, 0.717) is 0 Å². The summed E-state index contributed by atoms with van der Waals surface area (Å²) in [6.45, 7) is 0. The topological polar surface area (TPSA) is 0 Å². The van der Waals surface area contributed by atoms with E-state index in [2.05, 4.69) is 84.6 Å². The Balaban J connectivity index is 1.86. The Morgan fingerprint density at radius 3 is 1.34 bits per heavy atom. The van der Waals surface area contributed by atoms with Crippen molar-refractivity contribution < 1.29 is 0 Å². The average Bonchev–Trinajstić information content (AvgIpc) is 3.25. The molecule has 0 radical (unpaired) electrons. The Hall–Kier alpha value is -4.00. The lowest BCUT2D eigenvalue weighted by Gasteiger charge is -2.30. The van der Waals surface area contributed by atoms with Crippen molar-refractivity contribution in [3.05, 3.63) is 118 Å². The molecule has 4 aromatic rings. The van der Waals surface area contributed by atoms with Crippen molar-refractivity contribution in [2.24, 2.45) is 0 Å². The average molecular weight is 364 g/mol. The lowest BCUT2D eigenvalue weighted by Crippen LogP contribution is -2.26. The van der Waals surface area contributed by atoms with Gasteiger partial charge in [-0.3, -0.25) is 0 Å². The van der Waals surface area contributed by atoms with E-state index in [1.54, 1.807) is 0 Å². The highest BCUT2D eigenvalue weighted by atomic mass is 14.5. The van der Waals surface area contributed by atoms with Gasteiger partial charge in [0, 0.05) is 11.1 Å². The maximum absolute atomic E-state index is 5.79. The number of hydrogen-bond donors (Lipinski definition) is 0. The zero-order valence-corrected chi connectivity index (χ0v) is 15.7. The largest absolute Gasteiger partial charge is 0.115 e. The van der Waals surface area contributed by atoms with Gasteiger partial charge in [0.1, 0.15) is 0 Å². The van der Waals surface area contributed by atoms with Crippen LogP contribution in [0.1, 0.15) is 33.4 Å². The third-order valence-corrected chi connectivity index (χ3v) is 6.42. The van der Waals surface area contributed by atoms with E-state index >= 15 is 0 Å². The fraction of sp³-hybridized carbons (Fsp3) is 0.0345. The van der Waals surface area contributed by atoms with Crippen LogP contribution >= 0.6 is 0 Å². The summed E-state index contributed by atoms with van der Waals surface area (Å²) in [7, 11) is 0. The molecule has 0 saturated carbocycles. The molecule has 0 fully saturated rings. The summed E-state index contributed by atoms with van der Waals surface area (Å²) in [5.41, 5.74) is 11.5. The normalized spacial score (nSPS) is 13.7. The second-order valence-electron chi connectivity index (χ2n) is 7.65. The summed E-state index contributed by atoms with van der Waals surface area (Å²) in [5.74, 6) is 5.66. The van der Waals surface area contributed by atoms with Gasteiger partial charge >= 0.3 is 0 Å².